The zero-order chi connectivity index (χ0) is 13.0. The minimum atomic E-state index is -0.513. The molecule has 0 aromatic heterocycles. The number of nitro groups is 1. The fourth-order valence-electron chi connectivity index (χ4n) is 1.40. The van der Waals surface area contributed by atoms with E-state index >= 15 is 0 Å². The smallest absolute Gasteiger partial charge is 0.312 e. The fraction of sp³-hybridized carbons (Fsp3) is 0.364. The Kier molecular flexibility index (Phi) is 4.62. The Bertz CT molecular complexity index is 447. The predicted octanol–water partition coefficient (Wildman–Crippen LogP) is 3.10. The molecule has 0 spiro atoms. The number of hydrogen-bond acceptors (Lipinski definition) is 4. The number of carbonyl (C=O) groups is 1. The van der Waals surface area contributed by atoms with Gasteiger partial charge in [-0.1, -0.05) is 15.9 Å². The van der Waals surface area contributed by atoms with E-state index in [-0.39, 0.29) is 29.7 Å². The van der Waals surface area contributed by atoms with Crippen molar-refractivity contribution < 1.29 is 14.5 Å². The molecule has 0 radical (unpaired) electrons. The number of carbonyl (C=O) groups excluding carboxylic acids is 1. The molecule has 0 N–H and O–H groups in total. The second kappa shape index (κ2) is 5.77. The Labute approximate surface area is 107 Å². The number of ether oxygens (including phenoxy) is 1. The van der Waals surface area contributed by atoms with Crippen LogP contribution in [0.2, 0.25) is 0 Å². The molecule has 0 bridgehead atoms. The van der Waals surface area contributed by atoms with Crippen LogP contribution in [0.1, 0.15) is 20.3 Å². The summed E-state index contributed by atoms with van der Waals surface area (Å²) in [6.45, 7) is 3.16. The molecule has 0 fully saturated rings. The Morgan fingerprint density at radius 2 is 2.24 bits per heavy atom. The lowest BCUT2D eigenvalue weighted by atomic mass is 10.2. The molecule has 0 saturated carbocycles. The first kappa shape index (κ1) is 13.6. The summed E-state index contributed by atoms with van der Waals surface area (Å²) in [5.41, 5.74) is -0.116. The van der Waals surface area contributed by atoms with Crippen LogP contribution in [0, 0.1) is 10.1 Å². The summed E-state index contributed by atoms with van der Waals surface area (Å²) < 4.78 is 6.00. The highest BCUT2D eigenvalue weighted by molar-refractivity contribution is 9.10. The molecule has 1 atom stereocenters. The van der Waals surface area contributed by atoms with E-state index in [0.29, 0.717) is 4.47 Å². The number of halogens is 1. The molecule has 0 aliphatic carbocycles. The maximum atomic E-state index is 10.9. The monoisotopic (exact) mass is 301 g/mol. The lowest BCUT2D eigenvalue weighted by molar-refractivity contribution is -0.386. The van der Waals surface area contributed by atoms with Crippen LogP contribution in [0.15, 0.2) is 22.7 Å². The van der Waals surface area contributed by atoms with Crippen LogP contribution in [0.5, 0.6) is 5.75 Å². The second-order valence-corrected chi connectivity index (χ2v) is 4.62. The van der Waals surface area contributed by atoms with Gasteiger partial charge in [-0.15, -0.1) is 0 Å². The van der Waals surface area contributed by atoms with Crippen molar-refractivity contribution in [2.75, 3.05) is 0 Å². The van der Waals surface area contributed by atoms with Gasteiger partial charge < -0.3 is 4.74 Å². The molecule has 5 nitrogen and oxygen atoms in total. The third-order valence-electron chi connectivity index (χ3n) is 2.02. The number of ketones is 1. The van der Waals surface area contributed by atoms with E-state index in [1.54, 1.807) is 13.0 Å². The van der Waals surface area contributed by atoms with Gasteiger partial charge >= 0.3 is 5.69 Å². The van der Waals surface area contributed by atoms with Crippen LogP contribution in [0.4, 0.5) is 5.69 Å². The third kappa shape index (κ3) is 4.14. The van der Waals surface area contributed by atoms with E-state index in [0.717, 1.165) is 0 Å². The molecule has 6 heteroatoms. The van der Waals surface area contributed by atoms with Crippen LogP contribution in [-0.2, 0) is 4.79 Å². The van der Waals surface area contributed by atoms with Crippen molar-refractivity contribution in [3.05, 3.63) is 32.8 Å². The SMILES string of the molecule is CC(=O)CC(C)Oc1ccc(Br)cc1[N+](=O)[O-]. The van der Waals surface area contributed by atoms with Gasteiger partial charge in [-0.2, -0.15) is 0 Å². The third-order valence-corrected chi connectivity index (χ3v) is 2.51. The molecule has 0 amide bonds. The first-order valence-electron chi connectivity index (χ1n) is 5.00. The Morgan fingerprint density at radius 1 is 1.59 bits per heavy atom. The van der Waals surface area contributed by atoms with Gasteiger partial charge in [0.25, 0.3) is 0 Å². The number of benzene rings is 1. The molecule has 0 saturated heterocycles. The van der Waals surface area contributed by atoms with Crippen LogP contribution < -0.4 is 4.74 Å². The average molecular weight is 302 g/mol. The molecule has 0 aliphatic heterocycles. The van der Waals surface area contributed by atoms with Crippen molar-refractivity contribution in [3.63, 3.8) is 0 Å². The molecular formula is C11H12BrNO4. The molecular weight excluding hydrogens is 290 g/mol. The van der Waals surface area contributed by atoms with Crippen molar-refractivity contribution in [2.45, 2.75) is 26.4 Å². The minimum absolute atomic E-state index is 0.0164. The quantitative estimate of drug-likeness (QED) is 0.619. The van der Waals surface area contributed by atoms with E-state index < -0.39 is 4.92 Å². The summed E-state index contributed by atoms with van der Waals surface area (Å²) in [4.78, 5) is 21.2. The summed E-state index contributed by atoms with van der Waals surface area (Å²) >= 11 is 3.16. The van der Waals surface area contributed by atoms with Gasteiger partial charge in [0, 0.05) is 17.0 Å². The van der Waals surface area contributed by atoms with Crippen molar-refractivity contribution in [2.24, 2.45) is 0 Å². The zero-order valence-corrected chi connectivity index (χ0v) is 11.1. The van der Waals surface area contributed by atoms with E-state index in [2.05, 4.69) is 15.9 Å². The highest BCUT2D eigenvalue weighted by atomic mass is 79.9. The normalized spacial score (nSPS) is 11.9. The molecule has 1 aromatic carbocycles. The highest BCUT2D eigenvalue weighted by Crippen LogP contribution is 2.31. The van der Waals surface area contributed by atoms with E-state index in [1.807, 2.05) is 0 Å². The maximum Gasteiger partial charge on any atom is 0.312 e. The predicted molar refractivity (Wildman–Crippen MR) is 66.2 cm³/mol. The zero-order valence-electron chi connectivity index (χ0n) is 9.47. The number of nitro benzene ring substituents is 1. The maximum absolute atomic E-state index is 10.9. The molecule has 1 rings (SSSR count). The van der Waals surface area contributed by atoms with Crippen molar-refractivity contribution in [3.8, 4) is 5.75 Å². The number of rotatable bonds is 5. The Balaban J connectivity index is 2.90. The summed E-state index contributed by atoms with van der Waals surface area (Å²) in [5, 5.41) is 10.8. The van der Waals surface area contributed by atoms with Crippen molar-refractivity contribution >= 4 is 27.4 Å². The van der Waals surface area contributed by atoms with Gasteiger partial charge in [0.1, 0.15) is 11.9 Å². The Hall–Kier alpha value is -1.43. The van der Waals surface area contributed by atoms with E-state index in [1.165, 1.54) is 19.1 Å². The van der Waals surface area contributed by atoms with Crippen molar-refractivity contribution in [1.82, 2.24) is 0 Å². The molecule has 1 unspecified atom stereocenters. The molecule has 0 heterocycles. The van der Waals surface area contributed by atoms with Crippen LogP contribution in [0.3, 0.4) is 0 Å². The lowest BCUT2D eigenvalue weighted by Gasteiger charge is -2.13. The van der Waals surface area contributed by atoms with Gasteiger partial charge in [-0.25, -0.2) is 0 Å². The molecule has 17 heavy (non-hydrogen) atoms. The topological polar surface area (TPSA) is 69.4 Å². The standard InChI is InChI=1S/C11H12BrNO4/c1-7(14)5-8(2)17-11-4-3-9(12)6-10(11)13(15)16/h3-4,6,8H,5H2,1-2H3. The fourth-order valence-corrected chi connectivity index (χ4v) is 1.75. The second-order valence-electron chi connectivity index (χ2n) is 3.70. The van der Waals surface area contributed by atoms with Crippen LogP contribution in [0.25, 0.3) is 0 Å². The van der Waals surface area contributed by atoms with Gasteiger partial charge in [-0.3, -0.25) is 14.9 Å². The largest absolute Gasteiger partial charge is 0.483 e. The summed E-state index contributed by atoms with van der Waals surface area (Å²) in [7, 11) is 0. The van der Waals surface area contributed by atoms with E-state index in [4.69, 9.17) is 4.74 Å². The number of nitrogens with zero attached hydrogens (tertiary/aromatic N) is 1. The van der Waals surface area contributed by atoms with Gasteiger partial charge in [0.2, 0.25) is 0 Å². The van der Waals surface area contributed by atoms with Crippen LogP contribution >= 0.6 is 15.9 Å². The first-order chi connectivity index (χ1) is 7.90. The van der Waals surface area contributed by atoms with Gasteiger partial charge in [0.05, 0.1) is 4.92 Å². The van der Waals surface area contributed by atoms with Gasteiger partial charge in [0.15, 0.2) is 5.75 Å². The first-order valence-corrected chi connectivity index (χ1v) is 5.79. The highest BCUT2D eigenvalue weighted by Gasteiger charge is 2.18. The van der Waals surface area contributed by atoms with E-state index in [9.17, 15) is 14.9 Å². The number of Topliss-reactive ketones (excluding diaryl/α,β-unsaturated/α-hetero) is 1. The van der Waals surface area contributed by atoms with Crippen LogP contribution in [-0.4, -0.2) is 16.8 Å². The Morgan fingerprint density at radius 3 is 2.76 bits per heavy atom. The molecule has 92 valence electrons. The molecule has 1 aromatic rings. The molecule has 0 aliphatic rings. The average Bonchev–Trinajstić information content (AvgIpc) is 2.19. The summed E-state index contributed by atoms with van der Waals surface area (Å²) in [6, 6.07) is 4.54. The van der Waals surface area contributed by atoms with Gasteiger partial charge in [-0.05, 0) is 26.0 Å². The summed E-state index contributed by atoms with van der Waals surface area (Å²) in [5.74, 6) is 0.157. The van der Waals surface area contributed by atoms with Crippen molar-refractivity contribution in [1.29, 1.82) is 0 Å². The lowest BCUT2D eigenvalue weighted by Crippen LogP contribution is -2.16. The number of hydrogen-bond donors (Lipinski definition) is 0. The minimum Gasteiger partial charge on any atom is -0.483 e. The summed E-state index contributed by atoms with van der Waals surface area (Å²) in [6.07, 6.45) is -0.153.